The fourth-order valence-corrected chi connectivity index (χ4v) is 1.83. The van der Waals surface area contributed by atoms with Gasteiger partial charge >= 0.3 is 0 Å². The van der Waals surface area contributed by atoms with E-state index in [1.54, 1.807) is 24.4 Å². The van der Waals surface area contributed by atoms with Crippen molar-refractivity contribution in [3.05, 3.63) is 53.9 Å². The maximum absolute atomic E-state index is 12.3. The van der Waals surface area contributed by atoms with E-state index in [1.807, 2.05) is 25.1 Å². The van der Waals surface area contributed by atoms with Crippen LogP contribution >= 0.6 is 0 Å². The molecule has 0 unspecified atom stereocenters. The Morgan fingerprint density at radius 1 is 1.30 bits per heavy atom. The molecule has 0 saturated heterocycles. The van der Waals surface area contributed by atoms with Gasteiger partial charge in [0.1, 0.15) is 5.70 Å². The highest BCUT2D eigenvalue weighted by Crippen LogP contribution is 2.05. The molecule has 122 valence electrons. The van der Waals surface area contributed by atoms with E-state index in [2.05, 4.69) is 15.6 Å². The van der Waals surface area contributed by atoms with Gasteiger partial charge in [0.05, 0.1) is 6.26 Å². The molecule has 2 heterocycles. The van der Waals surface area contributed by atoms with Crippen LogP contribution in [-0.4, -0.2) is 48.9 Å². The molecule has 0 radical (unpaired) electrons. The standard InChI is InChI=1S/C16H20N4O3/c1-20(2)9-8-18-15(21)13(11-12-5-3-7-17-12)19-16(22)14-6-4-10-23-14/h3-7,10-11,17H,8-9H2,1-2H3,(H,18,21)(H,19,22)/b13-11-. The first kappa shape index (κ1) is 16.6. The Morgan fingerprint density at radius 2 is 2.13 bits per heavy atom. The van der Waals surface area contributed by atoms with Gasteiger partial charge in [-0.1, -0.05) is 0 Å². The minimum absolute atomic E-state index is 0.142. The van der Waals surface area contributed by atoms with Crippen molar-refractivity contribution in [3.63, 3.8) is 0 Å². The molecular formula is C16H20N4O3. The topological polar surface area (TPSA) is 90.4 Å². The summed E-state index contributed by atoms with van der Waals surface area (Å²) in [6.07, 6.45) is 4.72. The second-order valence-corrected chi connectivity index (χ2v) is 5.17. The Morgan fingerprint density at radius 3 is 2.74 bits per heavy atom. The van der Waals surface area contributed by atoms with Crippen LogP contribution in [0.25, 0.3) is 6.08 Å². The van der Waals surface area contributed by atoms with Crippen molar-refractivity contribution in [1.82, 2.24) is 20.5 Å². The lowest BCUT2D eigenvalue weighted by Gasteiger charge is -2.12. The molecule has 2 rings (SSSR count). The number of nitrogens with one attached hydrogen (secondary N) is 3. The van der Waals surface area contributed by atoms with Crippen molar-refractivity contribution < 1.29 is 14.0 Å². The van der Waals surface area contributed by atoms with E-state index in [0.29, 0.717) is 18.8 Å². The monoisotopic (exact) mass is 316 g/mol. The number of likely N-dealkylation sites (N-methyl/N-ethyl adjacent to an activating group) is 1. The van der Waals surface area contributed by atoms with Crippen LogP contribution in [0, 0.1) is 0 Å². The first-order valence-electron chi connectivity index (χ1n) is 7.19. The number of amides is 2. The number of furan rings is 1. The van der Waals surface area contributed by atoms with Gasteiger partial charge in [-0.25, -0.2) is 0 Å². The van der Waals surface area contributed by atoms with Gasteiger partial charge in [0, 0.05) is 25.0 Å². The Labute approximate surface area is 134 Å². The van der Waals surface area contributed by atoms with Crippen molar-refractivity contribution in [2.45, 2.75) is 0 Å². The second-order valence-electron chi connectivity index (χ2n) is 5.17. The fourth-order valence-electron chi connectivity index (χ4n) is 1.83. The molecule has 7 nitrogen and oxygen atoms in total. The lowest BCUT2D eigenvalue weighted by Crippen LogP contribution is -2.37. The first-order chi connectivity index (χ1) is 11.1. The maximum Gasteiger partial charge on any atom is 0.291 e. The van der Waals surface area contributed by atoms with Crippen LogP contribution in [-0.2, 0) is 4.79 Å². The highest BCUT2D eigenvalue weighted by Gasteiger charge is 2.16. The van der Waals surface area contributed by atoms with Gasteiger partial charge in [-0.15, -0.1) is 0 Å². The zero-order valence-corrected chi connectivity index (χ0v) is 13.1. The Balaban J connectivity index is 2.09. The molecule has 0 bridgehead atoms. The van der Waals surface area contributed by atoms with E-state index in [0.717, 1.165) is 0 Å². The number of carbonyl (C=O) groups excluding carboxylic acids is 2. The Bertz CT molecular complexity index is 658. The van der Waals surface area contributed by atoms with Crippen LogP contribution in [0.4, 0.5) is 0 Å². The summed E-state index contributed by atoms with van der Waals surface area (Å²) >= 11 is 0. The van der Waals surface area contributed by atoms with Crippen LogP contribution in [0.3, 0.4) is 0 Å². The summed E-state index contributed by atoms with van der Waals surface area (Å²) in [7, 11) is 3.83. The van der Waals surface area contributed by atoms with E-state index in [9.17, 15) is 9.59 Å². The van der Waals surface area contributed by atoms with E-state index in [1.165, 1.54) is 12.3 Å². The van der Waals surface area contributed by atoms with Crippen LogP contribution in [0.5, 0.6) is 0 Å². The quantitative estimate of drug-likeness (QED) is 0.666. The summed E-state index contributed by atoms with van der Waals surface area (Å²) in [5, 5.41) is 5.35. The molecule has 7 heteroatoms. The molecule has 3 N–H and O–H groups in total. The summed E-state index contributed by atoms with van der Waals surface area (Å²) in [5.41, 5.74) is 0.857. The number of aromatic nitrogens is 1. The van der Waals surface area contributed by atoms with E-state index in [-0.39, 0.29) is 17.4 Å². The number of nitrogens with zero attached hydrogens (tertiary/aromatic N) is 1. The van der Waals surface area contributed by atoms with Crippen molar-refractivity contribution in [2.75, 3.05) is 27.2 Å². The minimum Gasteiger partial charge on any atom is -0.459 e. The van der Waals surface area contributed by atoms with Crippen molar-refractivity contribution in [2.24, 2.45) is 0 Å². The number of rotatable bonds is 7. The van der Waals surface area contributed by atoms with Crippen molar-refractivity contribution in [3.8, 4) is 0 Å². The van der Waals surface area contributed by atoms with Crippen LogP contribution in [0.1, 0.15) is 16.2 Å². The van der Waals surface area contributed by atoms with Gasteiger partial charge < -0.3 is 24.9 Å². The van der Waals surface area contributed by atoms with Crippen molar-refractivity contribution in [1.29, 1.82) is 0 Å². The van der Waals surface area contributed by atoms with Gasteiger partial charge in [-0.2, -0.15) is 0 Å². The zero-order chi connectivity index (χ0) is 16.7. The lowest BCUT2D eigenvalue weighted by molar-refractivity contribution is -0.117. The molecule has 0 aliphatic rings. The van der Waals surface area contributed by atoms with Gasteiger partial charge in [-0.05, 0) is 44.4 Å². The smallest absolute Gasteiger partial charge is 0.291 e. The number of hydrogen-bond acceptors (Lipinski definition) is 4. The third-order valence-corrected chi connectivity index (χ3v) is 3.00. The summed E-state index contributed by atoms with van der Waals surface area (Å²) < 4.78 is 5.04. The molecular weight excluding hydrogens is 296 g/mol. The van der Waals surface area contributed by atoms with Crippen molar-refractivity contribution >= 4 is 17.9 Å². The minimum atomic E-state index is -0.476. The third-order valence-electron chi connectivity index (χ3n) is 3.00. The second kappa shape index (κ2) is 8.00. The number of hydrogen-bond donors (Lipinski definition) is 3. The summed E-state index contributed by atoms with van der Waals surface area (Å²) in [6, 6.07) is 6.75. The SMILES string of the molecule is CN(C)CCNC(=O)/C(=C/c1ccc[nH]1)NC(=O)c1ccco1. The summed E-state index contributed by atoms with van der Waals surface area (Å²) in [4.78, 5) is 29.3. The number of aromatic amines is 1. The Kier molecular flexibility index (Phi) is 5.76. The zero-order valence-electron chi connectivity index (χ0n) is 13.1. The average molecular weight is 316 g/mol. The van der Waals surface area contributed by atoms with Gasteiger partial charge in [-0.3, -0.25) is 9.59 Å². The van der Waals surface area contributed by atoms with Gasteiger partial charge in [0.2, 0.25) is 0 Å². The van der Waals surface area contributed by atoms with E-state index < -0.39 is 5.91 Å². The Hall–Kier alpha value is -2.80. The molecule has 0 fully saturated rings. The normalized spacial score (nSPS) is 11.5. The van der Waals surface area contributed by atoms with Gasteiger partial charge in [0.25, 0.3) is 11.8 Å². The summed E-state index contributed by atoms with van der Waals surface area (Å²) in [5.74, 6) is -0.694. The highest BCUT2D eigenvalue weighted by molar-refractivity contribution is 6.04. The lowest BCUT2D eigenvalue weighted by atomic mass is 10.3. The third kappa shape index (κ3) is 5.15. The molecule has 0 aliphatic carbocycles. The van der Waals surface area contributed by atoms with E-state index in [4.69, 9.17) is 4.42 Å². The molecule has 0 spiro atoms. The van der Waals surface area contributed by atoms with E-state index >= 15 is 0 Å². The predicted octanol–water partition coefficient (Wildman–Crippen LogP) is 1.06. The highest BCUT2D eigenvalue weighted by atomic mass is 16.3. The molecule has 0 atom stereocenters. The van der Waals surface area contributed by atoms with Crippen LogP contribution in [0.2, 0.25) is 0 Å². The number of carbonyl (C=O) groups is 2. The molecule has 0 aromatic carbocycles. The molecule has 2 aromatic rings. The summed E-state index contributed by atoms with van der Waals surface area (Å²) in [6.45, 7) is 1.18. The average Bonchev–Trinajstić information content (AvgIpc) is 3.19. The maximum atomic E-state index is 12.3. The van der Waals surface area contributed by atoms with Gasteiger partial charge in [0.15, 0.2) is 5.76 Å². The molecule has 0 aliphatic heterocycles. The molecule has 0 saturated carbocycles. The molecule has 2 amide bonds. The molecule has 2 aromatic heterocycles. The van der Waals surface area contributed by atoms with Crippen LogP contribution in [0.15, 0.2) is 46.8 Å². The van der Waals surface area contributed by atoms with Crippen LogP contribution < -0.4 is 10.6 Å². The molecule has 23 heavy (non-hydrogen) atoms. The fraction of sp³-hybridized carbons (Fsp3) is 0.250. The first-order valence-corrected chi connectivity index (χ1v) is 7.19. The largest absolute Gasteiger partial charge is 0.459 e. The number of H-pyrrole nitrogens is 1. The predicted molar refractivity (Wildman–Crippen MR) is 86.5 cm³/mol.